The van der Waals surface area contributed by atoms with Gasteiger partial charge in [-0.05, 0) is 30.2 Å². The molecule has 0 radical (unpaired) electrons. The predicted molar refractivity (Wildman–Crippen MR) is 102 cm³/mol. The molecule has 2 aromatic carbocycles. The van der Waals surface area contributed by atoms with E-state index in [2.05, 4.69) is 12.1 Å². The van der Waals surface area contributed by atoms with Gasteiger partial charge in [0, 0.05) is 44.0 Å². The highest BCUT2D eigenvalue weighted by Crippen LogP contribution is 2.45. The van der Waals surface area contributed by atoms with Crippen LogP contribution in [0.4, 0.5) is 0 Å². The Kier molecular flexibility index (Phi) is 4.38. The SMILES string of the molecule is CC(=O)N1C[C@H]2CN(C(=O)c3ccc(C)c(O)c3)C[C@H]2[C@H]1c1ccccc1. The number of amides is 2. The van der Waals surface area contributed by atoms with Gasteiger partial charge < -0.3 is 14.9 Å². The largest absolute Gasteiger partial charge is 0.508 e. The fourth-order valence-corrected chi connectivity index (χ4v) is 4.54. The van der Waals surface area contributed by atoms with Crippen molar-refractivity contribution in [3.05, 3.63) is 65.2 Å². The molecule has 2 aromatic rings. The molecule has 0 saturated carbocycles. The maximum absolute atomic E-state index is 12.9. The van der Waals surface area contributed by atoms with Crippen molar-refractivity contribution in [2.45, 2.75) is 19.9 Å². The summed E-state index contributed by atoms with van der Waals surface area (Å²) < 4.78 is 0. The molecular weight excluding hydrogens is 340 g/mol. The van der Waals surface area contributed by atoms with Gasteiger partial charge in [0.1, 0.15) is 5.75 Å². The van der Waals surface area contributed by atoms with Crippen molar-refractivity contribution in [1.82, 2.24) is 9.80 Å². The molecule has 4 rings (SSSR count). The zero-order chi connectivity index (χ0) is 19.1. The summed E-state index contributed by atoms with van der Waals surface area (Å²) in [6, 6.07) is 15.2. The van der Waals surface area contributed by atoms with E-state index < -0.39 is 0 Å². The smallest absolute Gasteiger partial charge is 0.254 e. The Morgan fingerprint density at radius 2 is 1.78 bits per heavy atom. The number of likely N-dealkylation sites (tertiary alicyclic amines) is 2. The number of aryl methyl sites for hydroxylation is 1. The average Bonchev–Trinajstić information content (AvgIpc) is 3.22. The lowest BCUT2D eigenvalue weighted by Crippen LogP contribution is -2.36. The Balaban J connectivity index is 1.58. The summed E-state index contributed by atoms with van der Waals surface area (Å²) in [4.78, 5) is 28.9. The van der Waals surface area contributed by atoms with E-state index in [4.69, 9.17) is 0 Å². The van der Waals surface area contributed by atoms with Crippen molar-refractivity contribution in [3.63, 3.8) is 0 Å². The standard InChI is InChI=1S/C22H24N2O3/c1-14-8-9-17(10-20(14)26)22(27)23-11-18-12-24(15(2)25)21(19(18)13-23)16-6-4-3-5-7-16/h3-10,18-19,21,26H,11-13H2,1-2H3/t18-,19-,21-/m1/s1. The molecule has 2 saturated heterocycles. The van der Waals surface area contributed by atoms with E-state index in [1.165, 1.54) is 0 Å². The maximum atomic E-state index is 12.9. The molecule has 0 aliphatic carbocycles. The molecule has 1 N–H and O–H groups in total. The van der Waals surface area contributed by atoms with Crippen LogP contribution in [0, 0.1) is 18.8 Å². The Hall–Kier alpha value is -2.82. The van der Waals surface area contributed by atoms with Crippen LogP contribution in [0.25, 0.3) is 0 Å². The van der Waals surface area contributed by atoms with E-state index in [0.717, 1.165) is 11.1 Å². The summed E-state index contributed by atoms with van der Waals surface area (Å²) in [5, 5.41) is 9.92. The van der Waals surface area contributed by atoms with Crippen LogP contribution >= 0.6 is 0 Å². The van der Waals surface area contributed by atoms with Gasteiger partial charge in [0.15, 0.2) is 0 Å². The third-order valence-electron chi connectivity index (χ3n) is 5.95. The zero-order valence-electron chi connectivity index (χ0n) is 15.6. The van der Waals surface area contributed by atoms with E-state index >= 15 is 0 Å². The summed E-state index contributed by atoms with van der Waals surface area (Å²) in [7, 11) is 0. The quantitative estimate of drug-likeness (QED) is 0.891. The first-order chi connectivity index (χ1) is 13.0. The second kappa shape index (κ2) is 6.72. The lowest BCUT2D eigenvalue weighted by atomic mass is 9.89. The Morgan fingerprint density at radius 3 is 2.44 bits per heavy atom. The van der Waals surface area contributed by atoms with Gasteiger partial charge >= 0.3 is 0 Å². The van der Waals surface area contributed by atoms with Crippen LogP contribution in [0.5, 0.6) is 5.75 Å². The van der Waals surface area contributed by atoms with E-state index in [0.29, 0.717) is 25.2 Å². The molecule has 0 aromatic heterocycles. The van der Waals surface area contributed by atoms with Crippen molar-refractivity contribution < 1.29 is 14.7 Å². The molecule has 0 unspecified atom stereocenters. The molecule has 2 aliphatic rings. The van der Waals surface area contributed by atoms with Crippen molar-refractivity contribution in [3.8, 4) is 5.75 Å². The fourth-order valence-electron chi connectivity index (χ4n) is 4.54. The first-order valence-electron chi connectivity index (χ1n) is 9.36. The summed E-state index contributed by atoms with van der Waals surface area (Å²) >= 11 is 0. The summed E-state index contributed by atoms with van der Waals surface area (Å²) in [6.45, 7) is 5.38. The minimum Gasteiger partial charge on any atom is -0.508 e. The van der Waals surface area contributed by atoms with Crippen LogP contribution < -0.4 is 0 Å². The topological polar surface area (TPSA) is 60.9 Å². The van der Waals surface area contributed by atoms with Gasteiger partial charge in [-0.25, -0.2) is 0 Å². The number of fused-ring (bicyclic) bond motifs is 1. The lowest BCUT2D eigenvalue weighted by Gasteiger charge is -2.29. The van der Waals surface area contributed by atoms with E-state index in [1.54, 1.807) is 25.1 Å². The number of carbonyl (C=O) groups is 2. The number of carbonyl (C=O) groups excluding carboxylic acids is 2. The van der Waals surface area contributed by atoms with Gasteiger partial charge in [-0.3, -0.25) is 9.59 Å². The van der Waals surface area contributed by atoms with Crippen LogP contribution in [0.2, 0.25) is 0 Å². The van der Waals surface area contributed by atoms with Crippen LogP contribution in [0.1, 0.15) is 34.5 Å². The number of benzene rings is 2. The van der Waals surface area contributed by atoms with Crippen LogP contribution in [0.3, 0.4) is 0 Å². The van der Waals surface area contributed by atoms with Crippen molar-refractivity contribution in [2.24, 2.45) is 11.8 Å². The van der Waals surface area contributed by atoms with Gasteiger partial charge in [0.2, 0.25) is 5.91 Å². The van der Waals surface area contributed by atoms with Crippen molar-refractivity contribution in [1.29, 1.82) is 0 Å². The lowest BCUT2D eigenvalue weighted by molar-refractivity contribution is -0.130. The molecule has 3 atom stereocenters. The second-order valence-electron chi connectivity index (χ2n) is 7.66. The van der Waals surface area contributed by atoms with E-state index in [9.17, 15) is 14.7 Å². The van der Waals surface area contributed by atoms with Crippen LogP contribution in [-0.4, -0.2) is 46.4 Å². The van der Waals surface area contributed by atoms with E-state index in [1.807, 2.05) is 34.9 Å². The number of phenolic OH excluding ortho intramolecular Hbond substituents is 1. The molecule has 0 bridgehead atoms. The zero-order valence-corrected chi connectivity index (χ0v) is 15.6. The molecule has 5 heteroatoms. The number of aromatic hydroxyl groups is 1. The molecule has 2 aliphatic heterocycles. The normalized spacial score (nSPS) is 24.1. The van der Waals surface area contributed by atoms with Gasteiger partial charge in [-0.1, -0.05) is 36.4 Å². The average molecular weight is 364 g/mol. The molecule has 27 heavy (non-hydrogen) atoms. The third-order valence-corrected chi connectivity index (χ3v) is 5.95. The highest BCUT2D eigenvalue weighted by Gasteiger charge is 2.49. The van der Waals surface area contributed by atoms with Gasteiger partial charge in [-0.2, -0.15) is 0 Å². The maximum Gasteiger partial charge on any atom is 0.254 e. The molecule has 140 valence electrons. The van der Waals surface area contributed by atoms with Gasteiger partial charge in [0.25, 0.3) is 5.91 Å². The Labute approximate surface area is 159 Å². The molecule has 2 heterocycles. The minimum absolute atomic E-state index is 0.0120. The van der Waals surface area contributed by atoms with Crippen LogP contribution in [0.15, 0.2) is 48.5 Å². The number of hydrogen-bond donors (Lipinski definition) is 1. The van der Waals surface area contributed by atoms with Crippen molar-refractivity contribution >= 4 is 11.8 Å². The van der Waals surface area contributed by atoms with Gasteiger partial charge in [-0.15, -0.1) is 0 Å². The molecular formula is C22H24N2O3. The first kappa shape index (κ1) is 17.6. The molecule has 0 spiro atoms. The molecule has 5 nitrogen and oxygen atoms in total. The van der Waals surface area contributed by atoms with Crippen LogP contribution in [-0.2, 0) is 4.79 Å². The molecule has 2 fully saturated rings. The summed E-state index contributed by atoms with van der Waals surface area (Å²) in [6.07, 6.45) is 0. The Bertz CT molecular complexity index is 880. The number of rotatable bonds is 2. The minimum atomic E-state index is -0.0547. The van der Waals surface area contributed by atoms with Crippen molar-refractivity contribution in [2.75, 3.05) is 19.6 Å². The summed E-state index contributed by atoms with van der Waals surface area (Å²) in [5.41, 5.74) is 2.39. The molecule has 2 amide bonds. The van der Waals surface area contributed by atoms with E-state index in [-0.39, 0.29) is 35.4 Å². The first-order valence-corrected chi connectivity index (χ1v) is 9.36. The number of nitrogens with zero attached hydrogens (tertiary/aromatic N) is 2. The Morgan fingerprint density at radius 1 is 1.04 bits per heavy atom. The summed E-state index contributed by atoms with van der Waals surface area (Å²) in [5.74, 6) is 0.687. The highest BCUT2D eigenvalue weighted by molar-refractivity contribution is 5.95. The van der Waals surface area contributed by atoms with Gasteiger partial charge in [0.05, 0.1) is 6.04 Å². The number of phenols is 1. The predicted octanol–water partition coefficient (Wildman–Crippen LogP) is 2.99. The number of hydrogen-bond acceptors (Lipinski definition) is 3. The fraction of sp³-hybridized carbons (Fsp3) is 0.364. The second-order valence-corrected chi connectivity index (χ2v) is 7.66. The highest BCUT2D eigenvalue weighted by atomic mass is 16.3. The monoisotopic (exact) mass is 364 g/mol. The third kappa shape index (κ3) is 3.07.